The van der Waals surface area contributed by atoms with E-state index in [9.17, 15) is 4.79 Å². The molecule has 6 nitrogen and oxygen atoms in total. The summed E-state index contributed by atoms with van der Waals surface area (Å²) in [6.45, 7) is 21.3. The van der Waals surface area contributed by atoms with Gasteiger partial charge in [0.1, 0.15) is 0 Å². The zero-order valence-electron chi connectivity index (χ0n) is 26.5. The van der Waals surface area contributed by atoms with Crippen LogP contribution >= 0.6 is 19.4 Å². The van der Waals surface area contributed by atoms with E-state index in [1.807, 2.05) is 13.8 Å². The molecule has 236 valence electrons. The molecule has 1 fully saturated rings. The molecular formula is C34H43Cl2N2O4Ru-. The van der Waals surface area contributed by atoms with Crippen molar-refractivity contribution in [1.29, 1.82) is 0 Å². The van der Waals surface area contributed by atoms with Gasteiger partial charge in [-0.15, -0.1) is 0 Å². The molecule has 0 atom stereocenters. The first-order valence-electron chi connectivity index (χ1n) is 14.2. The van der Waals surface area contributed by atoms with E-state index in [1.54, 1.807) is 22.8 Å². The van der Waals surface area contributed by atoms with Crippen LogP contribution in [0.4, 0.5) is 11.4 Å². The number of carbonyl (C=O) groups is 1. The molecule has 0 amide bonds. The first-order valence-corrected chi connectivity index (χ1v) is 19.6. The summed E-state index contributed by atoms with van der Waals surface area (Å²) in [7, 11) is 13.1. The van der Waals surface area contributed by atoms with Gasteiger partial charge in [0.2, 0.25) is 0 Å². The number of nitrogens with zero attached hydrogens (tertiary/aromatic N) is 2. The van der Waals surface area contributed by atoms with Gasteiger partial charge in [0, 0.05) is 24.5 Å². The maximum atomic E-state index is 11.0. The molecule has 0 N–H and O–H groups in total. The van der Waals surface area contributed by atoms with E-state index < -0.39 is 19.5 Å². The Morgan fingerprint density at radius 3 is 1.79 bits per heavy atom. The Kier molecular flexibility index (Phi) is 12.9. The molecule has 0 bridgehead atoms. The monoisotopic (exact) mass is 715 g/mol. The van der Waals surface area contributed by atoms with Gasteiger partial charge >= 0.3 is 131 Å². The first kappa shape index (κ1) is 34.9. The fourth-order valence-corrected chi connectivity index (χ4v) is 7.22. The molecule has 0 unspecified atom stereocenters. The zero-order chi connectivity index (χ0) is 31.8. The van der Waals surface area contributed by atoms with Gasteiger partial charge in [0.05, 0.1) is 0 Å². The average molecular weight is 716 g/mol. The maximum Gasteiger partial charge on any atom is 0.0146 e. The van der Waals surface area contributed by atoms with E-state index in [0.29, 0.717) is 11.5 Å². The largest absolute Gasteiger partial charge is 0.502 e. The van der Waals surface area contributed by atoms with Gasteiger partial charge < -0.3 is 9.80 Å². The van der Waals surface area contributed by atoms with Gasteiger partial charge in [-0.05, 0) is 63.8 Å². The van der Waals surface area contributed by atoms with Crippen molar-refractivity contribution in [3.05, 3.63) is 88.1 Å². The van der Waals surface area contributed by atoms with E-state index in [2.05, 4.69) is 87.0 Å². The Hall–Kier alpha value is -2.60. The van der Waals surface area contributed by atoms with Crippen molar-refractivity contribution in [3.63, 3.8) is 0 Å². The molecule has 0 spiro atoms. The molecule has 0 aliphatic carbocycles. The van der Waals surface area contributed by atoms with E-state index in [-0.39, 0.29) is 12.7 Å². The van der Waals surface area contributed by atoms with Gasteiger partial charge in [-0.25, -0.2) is 0 Å². The molecule has 1 aliphatic heterocycles. The number of aryl methyl sites for hydroxylation is 6. The van der Waals surface area contributed by atoms with Crippen LogP contribution in [0.2, 0.25) is 0 Å². The summed E-state index contributed by atoms with van der Waals surface area (Å²) in [5.74, 6) is 0.771. The van der Waals surface area contributed by atoms with Gasteiger partial charge in [-0.2, -0.15) is 6.67 Å². The number of benzene rings is 3. The third kappa shape index (κ3) is 9.96. The molecule has 1 saturated heterocycles. The van der Waals surface area contributed by atoms with E-state index in [0.717, 1.165) is 18.7 Å². The standard InChI is InChI=1S/C21H27N2.C13H16O4.2ClH.Ru/c1-14-9-16(3)20(17(4)10-14)22-7-8-23(13-22)21-18(5)11-15(2)12-19(21)6;1-9(2)17-12-6-5-11(7-10(12)3)16-8-13(14)15-4;;;/h9-13H,7-8H2,1-6H3;3,5-7,9H,8H2,1-2,4H3;2*1H;/q-1;;;;+2/p-2. The number of carbonyl (C=O) groups excluding carboxylic acids is 1. The second-order valence-electron chi connectivity index (χ2n) is 11.0. The number of esters is 1. The summed E-state index contributed by atoms with van der Waals surface area (Å²) in [5, 5.41) is 0. The smallest absolute Gasteiger partial charge is 0.0146 e. The van der Waals surface area contributed by atoms with Crippen LogP contribution in [0.1, 0.15) is 52.8 Å². The Labute approximate surface area is 270 Å². The molecule has 43 heavy (non-hydrogen) atoms. The number of methoxy groups -OCH3 is 1. The van der Waals surface area contributed by atoms with Crippen molar-refractivity contribution in [2.75, 3.05) is 36.6 Å². The second kappa shape index (κ2) is 15.9. The molecule has 9 heteroatoms. The van der Waals surface area contributed by atoms with Crippen molar-refractivity contribution in [1.82, 2.24) is 0 Å². The fourth-order valence-electron chi connectivity index (χ4n) is 5.43. The van der Waals surface area contributed by atoms with Crippen LogP contribution in [0.5, 0.6) is 11.5 Å². The van der Waals surface area contributed by atoms with Crippen LogP contribution < -0.4 is 19.3 Å². The summed E-state index contributed by atoms with van der Waals surface area (Å²) in [6, 6.07) is 14.3. The Morgan fingerprint density at radius 2 is 1.37 bits per heavy atom. The number of anilines is 2. The molecule has 0 aromatic heterocycles. The minimum absolute atomic E-state index is 0.0373. The summed E-state index contributed by atoms with van der Waals surface area (Å²) in [5.41, 5.74) is 11.6. The minimum Gasteiger partial charge on any atom is -0.502 e. The third-order valence-corrected chi connectivity index (χ3v) is 8.65. The van der Waals surface area contributed by atoms with Crippen LogP contribution in [0, 0.1) is 48.2 Å². The van der Waals surface area contributed by atoms with E-state index in [4.69, 9.17) is 28.9 Å². The van der Waals surface area contributed by atoms with E-state index >= 15 is 0 Å². The summed E-state index contributed by atoms with van der Waals surface area (Å²) >= 11 is -1.99. The average Bonchev–Trinajstić information content (AvgIpc) is 3.36. The molecular weight excluding hydrogens is 672 g/mol. The van der Waals surface area contributed by atoms with Gasteiger partial charge in [-0.3, -0.25) is 0 Å². The molecule has 1 heterocycles. The number of halogens is 2. The van der Waals surface area contributed by atoms with Crippen molar-refractivity contribution < 1.29 is 32.5 Å². The normalized spacial score (nSPS) is 13.0. The third-order valence-electron chi connectivity index (χ3n) is 6.82. The molecule has 0 radical (unpaired) electrons. The van der Waals surface area contributed by atoms with Crippen LogP contribution in [-0.2, 0) is 23.0 Å². The van der Waals surface area contributed by atoms with Crippen LogP contribution in [0.15, 0.2) is 42.5 Å². The predicted octanol–water partition coefficient (Wildman–Crippen LogP) is 8.08. The van der Waals surface area contributed by atoms with Crippen molar-refractivity contribution >= 4 is 41.3 Å². The van der Waals surface area contributed by atoms with Gasteiger partial charge in [-0.1, -0.05) is 35.4 Å². The van der Waals surface area contributed by atoms with Crippen molar-refractivity contribution in [3.8, 4) is 11.5 Å². The number of ether oxygens (including phenoxy) is 3. The Balaban J connectivity index is 0.000000238. The van der Waals surface area contributed by atoms with E-state index in [1.165, 1.54) is 51.9 Å². The quantitative estimate of drug-likeness (QED) is 0.134. The van der Waals surface area contributed by atoms with Gasteiger partial charge in [0.15, 0.2) is 0 Å². The Bertz CT molecular complexity index is 1360. The summed E-state index contributed by atoms with van der Waals surface area (Å²) in [6.07, 6.45) is 0.0373. The Morgan fingerprint density at radius 1 is 0.884 bits per heavy atom. The molecule has 1 aliphatic rings. The molecule has 3 aromatic rings. The molecule has 0 saturated carbocycles. The van der Waals surface area contributed by atoms with Crippen molar-refractivity contribution in [2.24, 2.45) is 0 Å². The zero-order valence-corrected chi connectivity index (χ0v) is 29.8. The maximum absolute atomic E-state index is 11.0. The minimum atomic E-state index is -1.99. The topological polar surface area (TPSA) is 51.2 Å². The fraction of sp³-hybridized carbons (Fsp3) is 0.382. The van der Waals surface area contributed by atoms with Crippen LogP contribution in [0.3, 0.4) is 0 Å². The number of rotatable bonds is 8. The summed E-state index contributed by atoms with van der Waals surface area (Å²) in [4.78, 5) is 15.9. The number of hydrogen-bond acceptors (Lipinski definition) is 6. The summed E-state index contributed by atoms with van der Waals surface area (Å²) < 4.78 is 17.3. The molecule has 4 rings (SSSR count). The van der Waals surface area contributed by atoms with Crippen LogP contribution in [-0.4, -0.2) is 43.5 Å². The van der Waals surface area contributed by atoms with Crippen molar-refractivity contribution in [2.45, 2.75) is 61.5 Å². The van der Waals surface area contributed by atoms with Gasteiger partial charge in [0.25, 0.3) is 0 Å². The number of hydrogen-bond donors (Lipinski definition) is 0. The SMILES string of the molecule is COC(=O)COc1ccc(OC(C)C)c([CH]=[Ru]([Cl])[Cl])c1.Cc1cc(C)c(N2[CH-]N(c3c(C)cc(C)cc3C)CC2)c(C)c1. The first-order chi connectivity index (χ1) is 20.3. The second-order valence-corrected chi connectivity index (χ2v) is 16.8. The molecule has 3 aromatic carbocycles. The van der Waals surface area contributed by atoms with Crippen LogP contribution in [0.25, 0.3) is 0 Å². The predicted molar refractivity (Wildman–Crippen MR) is 177 cm³/mol.